The average Bonchev–Trinajstić information content (AvgIpc) is 3.23. The molecule has 1 aliphatic heterocycles. The van der Waals surface area contributed by atoms with Crippen molar-refractivity contribution in [3.8, 4) is 11.1 Å². The lowest BCUT2D eigenvalue weighted by atomic mass is 9.99. The van der Waals surface area contributed by atoms with Crippen molar-refractivity contribution in [1.82, 2.24) is 20.2 Å². The number of benzene rings is 3. The molecule has 1 atom stereocenters. The van der Waals surface area contributed by atoms with Gasteiger partial charge in [-0.25, -0.2) is 0 Å². The summed E-state index contributed by atoms with van der Waals surface area (Å²) in [6.07, 6.45) is 2.17. The Hall–Kier alpha value is -3.73. The number of tetrazole rings is 1. The van der Waals surface area contributed by atoms with Crippen molar-refractivity contribution in [3.05, 3.63) is 102 Å². The summed E-state index contributed by atoms with van der Waals surface area (Å²) in [5, 5.41) is 15.5. The predicted octanol–water partition coefficient (Wildman–Crippen LogP) is 4.70. The van der Waals surface area contributed by atoms with Gasteiger partial charge in [-0.15, -0.1) is 0 Å². The third kappa shape index (κ3) is 2.97. The summed E-state index contributed by atoms with van der Waals surface area (Å²) >= 11 is 0. The molecular weight excluding hydrogens is 346 g/mol. The molecule has 0 saturated carbocycles. The third-order valence-corrected chi connectivity index (χ3v) is 5.05. The summed E-state index contributed by atoms with van der Waals surface area (Å²) in [6.45, 7) is 2.09. The smallest absolute Gasteiger partial charge is 0.248 e. The topological polar surface area (TPSA) is 55.6 Å². The van der Waals surface area contributed by atoms with Gasteiger partial charge >= 0.3 is 0 Å². The molecule has 0 spiro atoms. The van der Waals surface area contributed by atoms with Gasteiger partial charge in [0.2, 0.25) is 5.95 Å². The minimum Gasteiger partial charge on any atom is -0.323 e. The van der Waals surface area contributed by atoms with Crippen LogP contribution in [0.25, 0.3) is 16.8 Å². The summed E-state index contributed by atoms with van der Waals surface area (Å²) < 4.78 is 1.81. The zero-order chi connectivity index (χ0) is 18.9. The van der Waals surface area contributed by atoms with Crippen LogP contribution >= 0.6 is 0 Å². The lowest BCUT2D eigenvalue weighted by Crippen LogP contribution is -2.20. The van der Waals surface area contributed by atoms with Crippen LogP contribution in [0.5, 0.6) is 0 Å². The highest BCUT2D eigenvalue weighted by molar-refractivity contribution is 5.78. The molecular formula is C23H19N5. The van der Waals surface area contributed by atoms with Crippen LogP contribution in [0.1, 0.15) is 22.7 Å². The predicted molar refractivity (Wildman–Crippen MR) is 111 cm³/mol. The Labute approximate surface area is 163 Å². The Bertz CT molecular complexity index is 1130. The Kier molecular flexibility index (Phi) is 3.98. The summed E-state index contributed by atoms with van der Waals surface area (Å²) in [5.41, 5.74) is 6.90. The fourth-order valence-corrected chi connectivity index (χ4v) is 3.50. The Morgan fingerprint density at radius 3 is 2.21 bits per heavy atom. The van der Waals surface area contributed by atoms with E-state index in [1.54, 1.807) is 0 Å². The molecule has 1 aromatic heterocycles. The molecule has 0 amide bonds. The maximum absolute atomic E-state index is 4.17. The van der Waals surface area contributed by atoms with Gasteiger partial charge in [0.1, 0.15) is 6.04 Å². The molecule has 0 saturated heterocycles. The minimum absolute atomic E-state index is 0.0457. The molecule has 0 aliphatic carbocycles. The molecule has 0 radical (unpaired) electrons. The first kappa shape index (κ1) is 16.4. The van der Waals surface area contributed by atoms with E-state index in [1.807, 2.05) is 10.7 Å². The van der Waals surface area contributed by atoms with Gasteiger partial charge in [0.15, 0.2) is 0 Å². The van der Waals surface area contributed by atoms with Crippen molar-refractivity contribution >= 4 is 11.6 Å². The molecule has 5 rings (SSSR count). The molecule has 0 fully saturated rings. The zero-order valence-corrected chi connectivity index (χ0v) is 15.4. The molecule has 3 aromatic carbocycles. The van der Waals surface area contributed by atoms with Crippen LogP contribution in [0.4, 0.5) is 5.95 Å². The van der Waals surface area contributed by atoms with Gasteiger partial charge in [0.25, 0.3) is 0 Å². The second kappa shape index (κ2) is 6.78. The number of aromatic nitrogens is 4. The van der Waals surface area contributed by atoms with E-state index in [1.165, 1.54) is 16.7 Å². The van der Waals surface area contributed by atoms with Crippen LogP contribution in [0.2, 0.25) is 0 Å². The van der Waals surface area contributed by atoms with Crippen LogP contribution in [-0.2, 0) is 0 Å². The number of rotatable bonds is 3. The molecule has 2 heterocycles. The van der Waals surface area contributed by atoms with Crippen molar-refractivity contribution in [1.29, 1.82) is 0 Å². The van der Waals surface area contributed by atoms with E-state index < -0.39 is 0 Å². The quantitative estimate of drug-likeness (QED) is 0.571. The lowest BCUT2D eigenvalue weighted by Gasteiger charge is -2.23. The number of anilines is 1. The van der Waals surface area contributed by atoms with E-state index in [2.05, 4.69) is 107 Å². The van der Waals surface area contributed by atoms with Gasteiger partial charge in [0, 0.05) is 5.70 Å². The fourth-order valence-electron chi connectivity index (χ4n) is 3.50. The summed E-state index contributed by atoms with van der Waals surface area (Å²) in [6, 6.07) is 27.4. The van der Waals surface area contributed by atoms with E-state index >= 15 is 0 Å². The monoisotopic (exact) mass is 365 g/mol. The normalized spacial score (nSPS) is 15.5. The number of hydrogen-bond acceptors (Lipinski definition) is 4. The van der Waals surface area contributed by atoms with Crippen LogP contribution in [-0.4, -0.2) is 20.2 Å². The maximum Gasteiger partial charge on any atom is 0.248 e. The molecule has 28 heavy (non-hydrogen) atoms. The van der Waals surface area contributed by atoms with Gasteiger partial charge in [-0.05, 0) is 45.7 Å². The Morgan fingerprint density at radius 2 is 1.46 bits per heavy atom. The first-order chi connectivity index (χ1) is 13.8. The summed E-state index contributed by atoms with van der Waals surface area (Å²) in [7, 11) is 0. The number of fused-ring (bicyclic) bond motifs is 1. The Morgan fingerprint density at radius 1 is 0.786 bits per heavy atom. The van der Waals surface area contributed by atoms with Crippen LogP contribution < -0.4 is 5.32 Å². The van der Waals surface area contributed by atoms with E-state index in [9.17, 15) is 0 Å². The largest absolute Gasteiger partial charge is 0.323 e. The third-order valence-electron chi connectivity index (χ3n) is 5.05. The Balaban J connectivity index is 1.52. The molecule has 4 aromatic rings. The molecule has 5 nitrogen and oxygen atoms in total. The number of allylic oxidation sites excluding steroid dienone is 1. The lowest BCUT2D eigenvalue weighted by molar-refractivity contribution is 0.586. The number of hydrogen-bond donors (Lipinski definition) is 1. The molecule has 1 aliphatic rings. The standard InChI is InChI=1S/C23H19N5/c1-16-7-9-20(10-8-16)22-15-21(24-23-25-26-27-28(22)23)19-13-11-18(12-14-19)17-5-3-2-4-6-17/h2-15,22H,1H3,(H,24,25,27)/t22-/m1/s1. The zero-order valence-electron chi connectivity index (χ0n) is 15.4. The van der Waals surface area contributed by atoms with Gasteiger partial charge in [-0.2, -0.15) is 4.68 Å². The van der Waals surface area contributed by atoms with Gasteiger partial charge in [-0.3, -0.25) is 0 Å². The minimum atomic E-state index is -0.0457. The number of aryl methyl sites for hydroxylation is 1. The van der Waals surface area contributed by atoms with E-state index in [4.69, 9.17) is 0 Å². The van der Waals surface area contributed by atoms with Crippen LogP contribution in [0.15, 0.2) is 84.9 Å². The van der Waals surface area contributed by atoms with E-state index in [0.717, 1.165) is 16.8 Å². The summed E-state index contributed by atoms with van der Waals surface area (Å²) in [4.78, 5) is 0. The molecule has 1 N–H and O–H groups in total. The van der Waals surface area contributed by atoms with Gasteiger partial charge in [0.05, 0.1) is 0 Å². The van der Waals surface area contributed by atoms with Crippen molar-refractivity contribution in [2.24, 2.45) is 0 Å². The van der Waals surface area contributed by atoms with Crippen LogP contribution in [0.3, 0.4) is 0 Å². The molecule has 0 unspecified atom stereocenters. The second-order valence-electron chi connectivity index (χ2n) is 6.95. The van der Waals surface area contributed by atoms with Crippen LogP contribution in [0, 0.1) is 6.92 Å². The van der Waals surface area contributed by atoms with Gasteiger partial charge in [-0.1, -0.05) is 89.5 Å². The first-order valence-corrected chi connectivity index (χ1v) is 9.27. The van der Waals surface area contributed by atoms with Crippen molar-refractivity contribution < 1.29 is 0 Å². The molecule has 5 heteroatoms. The highest BCUT2D eigenvalue weighted by Gasteiger charge is 2.24. The molecule has 0 bridgehead atoms. The first-order valence-electron chi connectivity index (χ1n) is 9.27. The van der Waals surface area contributed by atoms with E-state index in [-0.39, 0.29) is 6.04 Å². The summed E-state index contributed by atoms with van der Waals surface area (Å²) in [5.74, 6) is 0.648. The SMILES string of the molecule is Cc1ccc([C@H]2C=C(c3ccc(-c4ccccc4)cc3)Nc3nnnn32)cc1. The molecule has 136 valence electrons. The average molecular weight is 365 g/mol. The van der Waals surface area contributed by atoms with E-state index in [0.29, 0.717) is 5.95 Å². The van der Waals surface area contributed by atoms with Crippen molar-refractivity contribution in [2.75, 3.05) is 5.32 Å². The van der Waals surface area contributed by atoms with Gasteiger partial charge < -0.3 is 5.32 Å². The second-order valence-corrected chi connectivity index (χ2v) is 6.95. The van der Waals surface area contributed by atoms with Crippen molar-refractivity contribution in [3.63, 3.8) is 0 Å². The van der Waals surface area contributed by atoms with Crippen molar-refractivity contribution in [2.45, 2.75) is 13.0 Å². The number of nitrogens with one attached hydrogen (secondary N) is 1. The number of nitrogens with zero attached hydrogens (tertiary/aromatic N) is 4. The highest BCUT2D eigenvalue weighted by atomic mass is 15.6. The fraction of sp³-hybridized carbons (Fsp3) is 0.0870. The maximum atomic E-state index is 4.17. The highest BCUT2D eigenvalue weighted by Crippen LogP contribution is 2.32.